The molecule has 0 amide bonds. The summed E-state index contributed by atoms with van der Waals surface area (Å²) in [4.78, 5) is 4.19. The number of para-hydroxylation sites is 1. The molecule has 0 saturated carbocycles. The van der Waals surface area contributed by atoms with Gasteiger partial charge in [0.2, 0.25) is 11.7 Å². The SMILES string of the molecule is CCc1nc(COc2c(Cl)cccc2CC(C)N)no1. The number of halogens is 1. The second kappa shape index (κ2) is 6.72. The first-order valence-corrected chi connectivity index (χ1v) is 6.95. The summed E-state index contributed by atoms with van der Waals surface area (Å²) >= 11 is 6.18. The molecule has 0 saturated heterocycles. The zero-order valence-corrected chi connectivity index (χ0v) is 12.4. The summed E-state index contributed by atoms with van der Waals surface area (Å²) in [6, 6.07) is 5.66. The fraction of sp³-hybridized carbons (Fsp3) is 0.429. The van der Waals surface area contributed by atoms with Crippen LogP contribution in [-0.4, -0.2) is 16.2 Å². The van der Waals surface area contributed by atoms with E-state index in [9.17, 15) is 0 Å². The van der Waals surface area contributed by atoms with E-state index in [1.807, 2.05) is 26.0 Å². The van der Waals surface area contributed by atoms with Gasteiger partial charge in [0.25, 0.3) is 0 Å². The van der Waals surface area contributed by atoms with E-state index in [2.05, 4.69) is 10.1 Å². The maximum absolute atomic E-state index is 6.18. The van der Waals surface area contributed by atoms with Gasteiger partial charge in [-0.15, -0.1) is 0 Å². The molecule has 0 aliphatic heterocycles. The Balaban J connectivity index is 2.11. The Morgan fingerprint density at radius 2 is 2.25 bits per heavy atom. The molecule has 5 nitrogen and oxygen atoms in total. The van der Waals surface area contributed by atoms with Crippen molar-refractivity contribution in [3.05, 3.63) is 40.5 Å². The molecule has 0 spiro atoms. The molecule has 0 fully saturated rings. The van der Waals surface area contributed by atoms with Crippen LogP contribution in [0.25, 0.3) is 0 Å². The van der Waals surface area contributed by atoms with Crippen LogP contribution in [0.15, 0.2) is 22.7 Å². The minimum Gasteiger partial charge on any atom is -0.484 e. The van der Waals surface area contributed by atoms with Gasteiger partial charge < -0.3 is 15.0 Å². The third-order valence-electron chi connectivity index (χ3n) is 2.75. The maximum atomic E-state index is 6.18. The van der Waals surface area contributed by atoms with Crippen molar-refractivity contribution in [2.45, 2.75) is 39.3 Å². The van der Waals surface area contributed by atoms with Crippen molar-refractivity contribution in [1.82, 2.24) is 10.1 Å². The number of benzene rings is 1. The molecule has 0 radical (unpaired) electrons. The van der Waals surface area contributed by atoms with Crippen LogP contribution in [0, 0.1) is 0 Å². The molecule has 108 valence electrons. The number of rotatable bonds is 6. The lowest BCUT2D eigenvalue weighted by atomic mass is 10.1. The third-order valence-corrected chi connectivity index (χ3v) is 3.05. The molecule has 2 rings (SSSR count). The van der Waals surface area contributed by atoms with Crippen molar-refractivity contribution in [1.29, 1.82) is 0 Å². The van der Waals surface area contributed by atoms with Crippen LogP contribution < -0.4 is 10.5 Å². The fourth-order valence-corrected chi connectivity index (χ4v) is 2.10. The van der Waals surface area contributed by atoms with E-state index >= 15 is 0 Å². The van der Waals surface area contributed by atoms with E-state index in [1.165, 1.54) is 0 Å². The highest BCUT2D eigenvalue weighted by Gasteiger charge is 2.12. The summed E-state index contributed by atoms with van der Waals surface area (Å²) in [7, 11) is 0. The van der Waals surface area contributed by atoms with Crippen LogP contribution >= 0.6 is 11.6 Å². The van der Waals surface area contributed by atoms with Gasteiger partial charge in [0.15, 0.2) is 6.61 Å². The van der Waals surface area contributed by atoms with Gasteiger partial charge in [0, 0.05) is 12.5 Å². The van der Waals surface area contributed by atoms with E-state index in [4.69, 9.17) is 26.6 Å². The predicted molar refractivity (Wildman–Crippen MR) is 76.8 cm³/mol. The minimum atomic E-state index is 0.0349. The molecule has 2 N–H and O–H groups in total. The van der Waals surface area contributed by atoms with E-state index < -0.39 is 0 Å². The highest BCUT2D eigenvalue weighted by Crippen LogP contribution is 2.30. The molecular formula is C14H18ClN3O2. The highest BCUT2D eigenvalue weighted by molar-refractivity contribution is 6.32. The third kappa shape index (κ3) is 3.71. The first kappa shape index (κ1) is 14.8. The lowest BCUT2D eigenvalue weighted by Crippen LogP contribution is -2.18. The zero-order chi connectivity index (χ0) is 14.5. The molecule has 1 aromatic heterocycles. The van der Waals surface area contributed by atoms with Crippen LogP contribution in [0.1, 0.15) is 31.1 Å². The van der Waals surface area contributed by atoms with Crippen LogP contribution in [0.2, 0.25) is 5.02 Å². The van der Waals surface area contributed by atoms with Gasteiger partial charge >= 0.3 is 0 Å². The summed E-state index contributed by atoms with van der Waals surface area (Å²) in [6.45, 7) is 4.11. The molecule has 1 unspecified atom stereocenters. The lowest BCUT2D eigenvalue weighted by molar-refractivity contribution is 0.282. The predicted octanol–water partition coefficient (Wildman–Crippen LogP) is 2.75. The summed E-state index contributed by atoms with van der Waals surface area (Å²) in [5, 5.41) is 4.40. The number of hydrogen-bond donors (Lipinski definition) is 1. The van der Waals surface area contributed by atoms with Gasteiger partial charge in [-0.05, 0) is 25.0 Å². The van der Waals surface area contributed by atoms with Crippen molar-refractivity contribution >= 4 is 11.6 Å². The molecule has 1 aromatic carbocycles. The molecular weight excluding hydrogens is 278 g/mol. The van der Waals surface area contributed by atoms with Crippen molar-refractivity contribution in [3.8, 4) is 5.75 Å². The molecule has 1 heterocycles. The van der Waals surface area contributed by atoms with Gasteiger partial charge in [-0.2, -0.15) is 4.98 Å². The van der Waals surface area contributed by atoms with Crippen molar-refractivity contribution in [2.75, 3.05) is 0 Å². The molecule has 0 aliphatic carbocycles. The number of nitrogens with two attached hydrogens (primary N) is 1. The lowest BCUT2D eigenvalue weighted by Gasteiger charge is -2.13. The van der Waals surface area contributed by atoms with E-state index in [1.54, 1.807) is 6.07 Å². The van der Waals surface area contributed by atoms with Gasteiger partial charge in [-0.3, -0.25) is 0 Å². The zero-order valence-electron chi connectivity index (χ0n) is 11.6. The van der Waals surface area contributed by atoms with Crippen molar-refractivity contribution < 1.29 is 9.26 Å². The standard InChI is InChI=1S/C14H18ClN3O2/c1-3-13-17-12(18-20-13)8-19-14-10(7-9(2)16)5-4-6-11(14)15/h4-6,9H,3,7-8,16H2,1-2H3. The number of aryl methyl sites for hydroxylation is 1. The van der Waals surface area contributed by atoms with E-state index in [-0.39, 0.29) is 12.6 Å². The van der Waals surface area contributed by atoms with E-state index in [0.717, 1.165) is 5.56 Å². The largest absolute Gasteiger partial charge is 0.484 e. The number of nitrogens with zero attached hydrogens (tertiary/aromatic N) is 2. The Morgan fingerprint density at radius 1 is 1.45 bits per heavy atom. The summed E-state index contributed by atoms with van der Waals surface area (Å²) in [6.07, 6.45) is 1.40. The smallest absolute Gasteiger partial charge is 0.226 e. The van der Waals surface area contributed by atoms with Crippen LogP contribution in [0.4, 0.5) is 0 Å². The maximum Gasteiger partial charge on any atom is 0.226 e. The quantitative estimate of drug-likeness (QED) is 0.887. The molecule has 6 heteroatoms. The topological polar surface area (TPSA) is 74.2 Å². The second-order valence-corrected chi connectivity index (χ2v) is 5.06. The molecule has 0 aliphatic rings. The van der Waals surface area contributed by atoms with Gasteiger partial charge in [0.1, 0.15) is 5.75 Å². The Labute approximate surface area is 123 Å². The Hall–Kier alpha value is -1.59. The summed E-state index contributed by atoms with van der Waals surface area (Å²) in [5.74, 6) is 1.74. The Kier molecular flexibility index (Phi) is 4.98. The molecule has 0 bridgehead atoms. The minimum absolute atomic E-state index is 0.0349. The Bertz CT molecular complexity index is 569. The van der Waals surface area contributed by atoms with E-state index in [0.29, 0.717) is 35.3 Å². The highest BCUT2D eigenvalue weighted by atomic mass is 35.5. The van der Waals surface area contributed by atoms with Crippen LogP contribution in [-0.2, 0) is 19.4 Å². The van der Waals surface area contributed by atoms with Crippen molar-refractivity contribution in [2.24, 2.45) is 5.73 Å². The monoisotopic (exact) mass is 295 g/mol. The molecule has 2 aromatic rings. The van der Waals surface area contributed by atoms with Gasteiger partial charge in [0.05, 0.1) is 5.02 Å². The number of ether oxygens (including phenoxy) is 1. The summed E-state index contributed by atoms with van der Waals surface area (Å²) < 4.78 is 10.8. The fourth-order valence-electron chi connectivity index (χ4n) is 1.85. The van der Waals surface area contributed by atoms with Crippen LogP contribution in [0.3, 0.4) is 0 Å². The van der Waals surface area contributed by atoms with Gasteiger partial charge in [-0.25, -0.2) is 0 Å². The normalized spacial score (nSPS) is 12.4. The average molecular weight is 296 g/mol. The Morgan fingerprint density at radius 3 is 2.90 bits per heavy atom. The number of aromatic nitrogens is 2. The van der Waals surface area contributed by atoms with Crippen LogP contribution in [0.5, 0.6) is 5.75 Å². The number of hydrogen-bond acceptors (Lipinski definition) is 5. The van der Waals surface area contributed by atoms with Crippen molar-refractivity contribution in [3.63, 3.8) is 0 Å². The molecule has 1 atom stereocenters. The van der Waals surface area contributed by atoms with Gasteiger partial charge in [-0.1, -0.05) is 35.8 Å². The average Bonchev–Trinajstić information content (AvgIpc) is 2.85. The first-order chi connectivity index (χ1) is 9.60. The molecule has 20 heavy (non-hydrogen) atoms. The summed E-state index contributed by atoms with van der Waals surface area (Å²) in [5.41, 5.74) is 6.81. The first-order valence-electron chi connectivity index (χ1n) is 6.57. The second-order valence-electron chi connectivity index (χ2n) is 4.66.